The lowest BCUT2D eigenvalue weighted by atomic mass is 10.2. The monoisotopic (exact) mass is 315 g/mol. The molecule has 1 amide bonds. The van der Waals surface area contributed by atoms with Gasteiger partial charge in [0.15, 0.2) is 0 Å². The molecule has 1 aromatic carbocycles. The van der Waals surface area contributed by atoms with E-state index in [9.17, 15) is 17.6 Å². The first-order chi connectivity index (χ1) is 9.71. The normalized spacial score (nSPS) is 15.2. The molecule has 0 spiro atoms. The Hall–Kier alpha value is -1.67. The number of nitrogens with two attached hydrogens (primary N) is 1. The number of benzene rings is 1. The number of sulfonamides is 1. The third-order valence-electron chi connectivity index (χ3n) is 3.29. The molecule has 8 heteroatoms. The molecule has 1 fully saturated rings. The molecule has 0 atom stereocenters. The average molecular weight is 315 g/mol. The molecule has 2 rings (SSSR count). The van der Waals surface area contributed by atoms with Crippen LogP contribution in [0.5, 0.6) is 0 Å². The minimum absolute atomic E-state index is 0.0943. The second kappa shape index (κ2) is 5.61. The lowest BCUT2D eigenvalue weighted by molar-refractivity contribution is -0.121. The number of carbonyl (C=O) groups excluding carboxylic acids is 1. The number of carbonyl (C=O) groups is 1. The van der Waals surface area contributed by atoms with Crippen LogP contribution in [-0.4, -0.2) is 38.3 Å². The van der Waals surface area contributed by atoms with Crippen LogP contribution in [0, 0.1) is 12.7 Å². The van der Waals surface area contributed by atoms with Crippen LogP contribution in [0.1, 0.15) is 18.4 Å². The maximum absolute atomic E-state index is 13.3. The van der Waals surface area contributed by atoms with Crippen molar-refractivity contribution < 1.29 is 17.6 Å². The number of halogens is 1. The molecule has 3 N–H and O–H groups in total. The van der Waals surface area contributed by atoms with E-state index in [1.54, 1.807) is 0 Å². The topological polar surface area (TPSA) is 92.5 Å². The van der Waals surface area contributed by atoms with Crippen molar-refractivity contribution in [1.82, 2.24) is 9.62 Å². The van der Waals surface area contributed by atoms with Gasteiger partial charge in [-0.25, -0.2) is 12.8 Å². The van der Waals surface area contributed by atoms with Crippen molar-refractivity contribution in [2.75, 3.05) is 19.3 Å². The molecule has 0 aliphatic heterocycles. The number of aryl methyl sites for hydroxylation is 1. The summed E-state index contributed by atoms with van der Waals surface area (Å²) >= 11 is 0. The Balaban J connectivity index is 2.20. The van der Waals surface area contributed by atoms with E-state index in [0.29, 0.717) is 0 Å². The van der Waals surface area contributed by atoms with Crippen molar-refractivity contribution in [3.8, 4) is 0 Å². The Kier molecular flexibility index (Phi) is 4.20. The maximum atomic E-state index is 13.3. The molecular weight excluding hydrogens is 297 g/mol. The van der Waals surface area contributed by atoms with E-state index in [0.717, 1.165) is 29.3 Å². The summed E-state index contributed by atoms with van der Waals surface area (Å²) in [6.45, 7) is 1.20. The molecule has 1 saturated carbocycles. The van der Waals surface area contributed by atoms with Crippen LogP contribution in [0.15, 0.2) is 17.0 Å². The SMILES string of the molecule is Cc1cc(F)c(N)cc1S(=O)(=O)N(C)CC(=O)NC1CC1. The molecule has 116 valence electrons. The first-order valence-corrected chi connectivity index (χ1v) is 7.97. The van der Waals surface area contributed by atoms with Crippen LogP contribution in [0.3, 0.4) is 0 Å². The van der Waals surface area contributed by atoms with E-state index < -0.39 is 15.8 Å². The summed E-state index contributed by atoms with van der Waals surface area (Å²) in [5.41, 5.74) is 5.43. The van der Waals surface area contributed by atoms with Crippen LogP contribution in [-0.2, 0) is 14.8 Å². The number of hydrogen-bond donors (Lipinski definition) is 2. The summed E-state index contributed by atoms with van der Waals surface area (Å²) in [5, 5.41) is 2.71. The van der Waals surface area contributed by atoms with Gasteiger partial charge in [-0.05, 0) is 37.5 Å². The second-order valence-corrected chi connectivity index (χ2v) is 7.26. The summed E-state index contributed by atoms with van der Waals surface area (Å²) < 4.78 is 39.1. The molecule has 0 unspecified atom stereocenters. The number of amides is 1. The summed E-state index contributed by atoms with van der Waals surface area (Å²) in [6.07, 6.45) is 1.85. The van der Waals surface area contributed by atoms with Crippen LogP contribution >= 0.6 is 0 Å². The van der Waals surface area contributed by atoms with Gasteiger partial charge in [0.25, 0.3) is 0 Å². The molecule has 1 aliphatic carbocycles. The highest BCUT2D eigenvalue weighted by Gasteiger charge is 2.28. The highest BCUT2D eigenvalue weighted by molar-refractivity contribution is 7.89. The zero-order chi connectivity index (χ0) is 15.8. The third kappa shape index (κ3) is 3.51. The maximum Gasteiger partial charge on any atom is 0.243 e. The molecule has 0 saturated heterocycles. The summed E-state index contributed by atoms with van der Waals surface area (Å²) in [6, 6.07) is 2.31. The molecule has 21 heavy (non-hydrogen) atoms. The van der Waals surface area contributed by atoms with Crippen molar-refractivity contribution in [3.63, 3.8) is 0 Å². The highest BCUT2D eigenvalue weighted by atomic mass is 32.2. The average Bonchev–Trinajstić information content (AvgIpc) is 3.17. The largest absolute Gasteiger partial charge is 0.396 e. The predicted octanol–water partition coefficient (Wildman–Crippen LogP) is 0.615. The Morgan fingerprint density at radius 1 is 1.48 bits per heavy atom. The van der Waals surface area contributed by atoms with Gasteiger partial charge in [-0.3, -0.25) is 4.79 Å². The smallest absolute Gasteiger partial charge is 0.243 e. The van der Waals surface area contributed by atoms with E-state index in [2.05, 4.69) is 5.32 Å². The number of anilines is 1. The number of nitrogen functional groups attached to an aromatic ring is 1. The van der Waals surface area contributed by atoms with Crippen molar-refractivity contribution in [3.05, 3.63) is 23.5 Å². The molecule has 0 bridgehead atoms. The fourth-order valence-corrected chi connectivity index (χ4v) is 3.27. The van der Waals surface area contributed by atoms with Gasteiger partial charge in [0.05, 0.1) is 17.1 Å². The summed E-state index contributed by atoms with van der Waals surface area (Å²) in [4.78, 5) is 11.6. The highest BCUT2D eigenvalue weighted by Crippen LogP contribution is 2.24. The zero-order valence-corrected chi connectivity index (χ0v) is 12.7. The first-order valence-electron chi connectivity index (χ1n) is 6.53. The van der Waals surface area contributed by atoms with E-state index in [-0.39, 0.29) is 34.6 Å². The number of likely N-dealkylation sites (N-methyl/N-ethyl adjacent to an activating group) is 1. The number of rotatable bonds is 5. The van der Waals surface area contributed by atoms with Gasteiger partial charge in [-0.2, -0.15) is 4.31 Å². The number of nitrogens with one attached hydrogen (secondary N) is 1. The molecule has 0 radical (unpaired) electrons. The summed E-state index contributed by atoms with van der Waals surface area (Å²) in [5.74, 6) is -1.02. The van der Waals surface area contributed by atoms with Gasteiger partial charge >= 0.3 is 0 Å². The van der Waals surface area contributed by atoms with Crippen LogP contribution < -0.4 is 11.1 Å². The predicted molar refractivity (Wildman–Crippen MR) is 76.5 cm³/mol. The van der Waals surface area contributed by atoms with E-state index in [4.69, 9.17) is 5.73 Å². The van der Waals surface area contributed by atoms with Gasteiger partial charge in [0, 0.05) is 13.1 Å². The Morgan fingerprint density at radius 3 is 2.67 bits per heavy atom. The number of nitrogens with zero attached hydrogens (tertiary/aromatic N) is 1. The molecular formula is C13H18FN3O3S. The fourth-order valence-electron chi connectivity index (χ4n) is 1.90. The Labute approximate surface area is 123 Å². The Morgan fingerprint density at radius 2 is 2.10 bits per heavy atom. The molecule has 1 aromatic rings. The van der Waals surface area contributed by atoms with Gasteiger partial charge in [-0.15, -0.1) is 0 Å². The lowest BCUT2D eigenvalue weighted by Gasteiger charge is -2.18. The van der Waals surface area contributed by atoms with Gasteiger partial charge in [-0.1, -0.05) is 0 Å². The minimum atomic E-state index is -3.89. The van der Waals surface area contributed by atoms with Crippen LogP contribution in [0.4, 0.5) is 10.1 Å². The van der Waals surface area contributed by atoms with Gasteiger partial charge in [0.2, 0.25) is 15.9 Å². The van der Waals surface area contributed by atoms with Gasteiger partial charge < -0.3 is 11.1 Å². The quantitative estimate of drug-likeness (QED) is 0.779. The molecule has 6 nitrogen and oxygen atoms in total. The van der Waals surface area contributed by atoms with Gasteiger partial charge in [0.1, 0.15) is 5.82 Å². The summed E-state index contributed by atoms with van der Waals surface area (Å²) in [7, 11) is -2.59. The van der Waals surface area contributed by atoms with Crippen LogP contribution in [0.25, 0.3) is 0 Å². The Bertz CT molecular complexity index is 671. The standard InChI is InChI=1S/C13H18FN3O3S/c1-8-5-10(14)11(15)6-12(8)21(19,20)17(2)7-13(18)16-9-3-4-9/h5-6,9H,3-4,7,15H2,1-2H3,(H,16,18). The van der Waals surface area contributed by atoms with Crippen molar-refractivity contribution in [2.45, 2.75) is 30.7 Å². The molecule has 1 aliphatic rings. The third-order valence-corrected chi connectivity index (χ3v) is 5.24. The molecule has 0 heterocycles. The van der Waals surface area contributed by atoms with E-state index in [1.807, 2.05) is 0 Å². The second-order valence-electron chi connectivity index (χ2n) is 5.24. The number of hydrogen-bond acceptors (Lipinski definition) is 4. The van der Waals surface area contributed by atoms with Crippen LogP contribution in [0.2, 0.25) is 0 Å². The molecule has 0 aromatic heterocycles. The van der Waals surface area contributed by atoms with Crippen molar-refractivity contribution >= 4 is 21.6 Å². The fraction of sp³-hybridized carbons (Fsp3) is 0.462. The zero-order valence-electron chi connectivity index (χ0n) is 11.9. The minimum Gasteiger partial charge on any atom is -0.396 e. The first kappa shape index (κ1) is 15.7. The lowest BCUT2D eigenvalue weighted by Crippen LogP contribution is -2.39. The van der Waals surface area contributed by atoms with Crippen molar-refractivity contribution in [1.29, 1.82) is 0 Å². The van der Waals surface area contributed by atoms with Crippen molar-refractivity contribution in [2.24, 2.45) is 0 Å². The van der Waals surface area contributed by atoms with E-state index >= 15 is 0 Å². The van der Waals surface area contributed by atoms with E-state index in [1.165, 1.54) is 14.0 Å².